The highest BCUT2D eigenvalue weighted by atomic mass is 32.2. The topological polar surface area (TPSA) is 73.2 Å². The number of rotatable bonds is 7. The fourth-order valence-electron chi connectivity index (χ4n) is 2.62. The molecule has 6 nitrogen and oxygen atoms in total. The molecule has 0 amide bonds. The lowest BCUT2D eigenvalue weighted by atomic mass is 10.1. The van der Waals surface area contributed by atoms with E-state index in [2.05, 4.69) is 9.82 Å². The number of nitrogens with one attached hydrogen (secondary N) is 1. The number of anilines is 1. The van der Waals surface area contributed by atoms with Crippen molar-refractivity contribution >= 4 is 15.8 Å². The summed E-state index contributed by atoms with van der Waals surface area (Å²) in [5, 5.41) is 4.37. The lowest BCUT2D eigenvalue weighted by Crippen LogP contribution is -2.30. The first-order valence-corrected chi connectivity index (χ1v) is 9.47. The molecule has 1 aliphatic rings. The fraction of sp³-hybridized carbons (Fsp3) is 0.800. The predicted molar refractivity (Wildman–Crippen MR) is 87.5 cm³/mol. The molecule has 1 aliphatic carbocycles. The van der Waals surface area contributed by atoms with Crippen LogP contribution in [0.4, 0.5) is 5.82 Å². The molecule has 0 saturated heterocycles. The molecule has 0 aliphatic heterocycles. The van der Waals surface area contributed by atoms with Gasteiger partial charge in [0.1, 0.15) is 0 Å². The molecular weight excluding hydrogens is 302 g/mol. The van der Waals surface area contributed by atoms with Crippen molar-refractivity contribution in [2.75, 3.05) is 17.1 Å². The van der Waals surface area contributed by atoms with E-state index in [9.17, 15) is 8.42 Å². The van der Waals surface area contributed by atoms with E-state index in [0.29, 0.717) is 18.3 Å². The van der Waals surface area contributed by atoms with Crippen LogP contribution in [0.15, 0.2) is 6.07 Å². The van der Waals surface area contributed by atoms with E-state index in [-0.39, 0.29) is 17.4 Å². The molecule has 126 valence electrons. The summed E-state index contributed by atoms with van der Waals surface area (Å²) in [6.07, 6.45) is 1.89. The number of aryl methyl sites for hydroxylation is 1. The van der Waals surface area contributed by atoms with Crippen LogP contribution in [0.2, 0.25) is 0 Å². The van der Waals surface area contributed by atoms with Gasteiger partial charge in [-0.2, -0.15) is 5.10 Å². The Kier molecular flexibility index (Phi) is 4.87. The van der Waals surface area contributed by atoms with Gasteiger partial charge in [0.15, 0.2) is 5.82 Å². The average molecular weight is 329 g/mol. The van der Waals surface area contributed by atoms with Crippen molar-refractivity contribution in [1.29, 1.82) is 0 Å². The highest BCUT2D eigenvalue weighted by Gasteiger charge is 2.35. The van der Waals surface area contributed by atoms with Crippen LogP contribution in [0.1, 0.15) is 46.2 Å². The zero-order valence-corrected chi connectivity index (χ0v) is 14.9. The molecule has 1 heterocycles. The maximum atomic E-state index is 12.3. The summed E-state index contributed by atoms with van der Waals surface area (Å²) >= 11 is 0. The van der Waals surface area contributed by atoms with Crippen LogP contribution in [0.3, 0.4) is 0 Å². The number of ether oxygens (including phenoxy) is 1. The van der Waals surface area contributed by atoms with Gasteiger partial charge in [0.05, 0.1) is 17.4 Å². The number of hydrogen-bond donors (Lipinski definition) is 1. The summed E-state index contributed by atoms with van der Waals surface area (Å²) in [6.45, 7) is 10.4. The van der Waals surface area contributed by atoms with Crippen molar-refractivity contribution in [3.8, 4) is 0 Å². The summed E-state index contributed by atoms with van der Waals surface area (Å²) in [5.74, 6) is 0.747. The van der Waals surface area contributed by atoms with Crippen LogP contribution in [0.25, 0.3) is 0 Å². The number of nitrogens with zero attached hydrogens (tertiary/aromatic N) is 2. The van der Waals surface area contributed by atoms with Gasteiger partial charge in [0, 0.05) is 18.4 Å². The van der Waals surface area contributed by atoms with Crippen molar-refractivity contribution in [2.24, 2.45) is 5.92 Å². The standard InChI is InChI=1S/C15H27N3O3S/c1-6-21-13(12-7-8-12)10-22(19,20)17-14-9-11(2)18(16-14)15(3,4)5/h9,12-13H,6-8,10H2,1-5H3,(H,16,17). The van der Waals surface area contributed by atoms with Gasteiger partial charge >= 0.3 is 0 Å². The van der Waals surface area contributed by atoms with E-state index in [4.69, 9.17) is 4.74 Å². The van der Waals surface area contributed by atoms with Gasteiger partial charge in [-0.15, -0.1) is 0 Å². The molecule has 2 rings (SSSR count). The maximum absolute atomic E-state index is 12.3. The molecule has 0 radical (unpaired) electrons. The van der Waals surface area contributed by atoms with E-state index in [1.165, 1.54) is 0 Å². The molecule has 1 unspecified atom stereocenters. The van der Waals surface area contributed by atoms with Crippen molar-refractivity contribution in [2.45, 2.75) is 59.1 Å². The molecule has 0 aromatic carbocycles. The lowest BCUT2D eigenvalue weighted by molar-refractivity contribution is 0.0632. The third-order valence-electron chi connectivity index (χ3n) is 3.70. The van der Waals surface area contributed by atoms with E-state index in [1.807, 2.05) is 39.3 Å². The molecule has 1 aromatic heterocycles. The van der Waals surface area contributed by atoms with Crippen LogP contribution in [-0.4, -0.2) is 36.7 Å². The average Bonchev–Trinajstić information content (AvgIpc) is 3.12. The van der Waals surface area contributed by atoms with Crippen LogP contribution >= 0.6 is 0 Å². The van der Waals surface area contributed by atoms with Gasteiger partial charge < -0.3 is 4.74 Å². The van der Waals surface area contributed by atoms with Crippen molar-refractivity contribution < 1.29 is 13.2 Å². The third kappa shape index (κ3) is 4.46. The minimum atomic E-state index is -3.46. The predicted octanol–water partition coefficient (Wildman–Crippen LogP) is 2.50. The van der Waals surface area contributed by atoms with Gasteiger partial charge in [-0.3, -0.25) is 9.40 Å². The van der Waals surface area contributed by atoms with E-state index in [0.717, 1.165) is 18.5 Å². The fourth-order valence-corrected chi connectivity index (χ4v) is 3.93. The number of aromatic nitrogens is 2. The maximum Gasteiger partial charge on any atom is 0.236 e. The SMILES string of the molecule is CCOC(CS(=O)(=O)Nc1cc(C)n(C(C)(C)C)n1)C1CC1. The molecule has 0 spiro atoms. The largest absolute Gasteiger partial charge is 0.377 e. The van der Waals surface area contributed by atoms with Gasteiger partial charge in [-0.05, 0) is 53.4 Å². The smallest absolute Gasteiger partial charge is 0.236 e. The Morgan fingerprint density at radius 1 is 1.45 bits per heavy atom. The first-order chi connectivity index (χ1) is 10.1. The molecule has 7 heteroatoms. The Balaban J connectivity index is 2.08. The molecule has 1 N–H and O–H groups in total. The quantitative estimate of drug-likeness (QED) is 0.834. The summed E-state index contributed by atoms with van der Waals surface area (Å²) < 4.78 is 34.7. The van der Waals surface area contributed by atoms with E-state index < -0.39 is 10.0 Å². The monoisotopic (exact) mass is 329 g/mol. The van der Waals surface area contributed by atoms with Crippen molar-refractivity contribution in [1.82, 2.24) is 9.78 Å². The van der Waals surface area contributed by atoms with Gasteiger partial charge in [-0.1, -0.05) is 0 Å². The van der Waals surface area contributed by atoms with Crippen LogP contribution in [0.5, 0.6) is 0 Å². The summed E-state index contributed by atoms with van der Waals surface area (Å²) in [7, 11) is -3.46. The molecule has 1 fully saturated rings. The third-order valence-corrected chi connectivity index (χ3v) is 4.98. The van der Waals surface area contributed by atoms with Gasteiger partial charge in [0.25, 0.3) is 0 Å². The molecule has 1 saturated carbocycles. The second-order valence-corrected chi connectivity index (χ2v) is 8.74. The second kappa shape index (κ2) is 6.20. The summed E-state index contributed by atoms with van der Waals surface area (Å²) in [6, 6.07) is 1.76. The van der Waals surface area contributed by atoms with E-state index >= 15 is 0 Å². The Hall–Kier alpha value is -1.08. The molecule has 1 atom stereocenters. The molecule has 1 aromatic rings. The van der Waals surface area contributed by atoms with Crippen molar-refractivity contribution in [3.63, 3.8) is 0 Å². The minimum Gasteiger partial charge on any atom is -0.377 e. The number of sulfonamides is 1. The Morgan fingerprint density at radius 3 is 2.55 bits per heavy atom. The first-order valence-electron chi connectivity index (χ1n) is 7.81. The summed E-state index contributed by atoms with van der Waals surface area (Å²) in [4.78, 5) is 0. The van der Waals surface area contributed by atoms with Crippen LogP contribution < -0.4 is 4.72 Å². The highest BCUT2D eigenvalue weighted by molar-refractivity contribution is 7.92. The van der Waals surface area contributed by atoms with Crippen LogP contribution in [0, 0.1) is 12.8 Å². The minimum absolute atomic E-state index is 0.00701. The normalized spacial score (nSPS) is 17.5. The highest BCUT2D eigenvalue weighted by Crippen LogP contribution is 2.35. The summed E-state index contributed by atoms with van der Waals surface area (Å²) in [5.41, 5.74) is 0.740. The van der Waals surface area contributed by atoms with Crippen LogP contribution in [-0.2, 0) is 20.3 Å². The van der Waals surface area contributed by atoms with Gasteiger partial charge in [0.2, 0.25) is 10.0 Å². The lowest BCUT2D eigenvalue weighted by Gasteiger charge is -2.21. The first kappa shape index (κ1) is 17.3. The van der Waals surface area contributed by atoms with Gasteiger partial charge in [-0.25, -0.2) is 8.42 Å². The Bertz CT molecular complexity index is 612. The Morgan fingerprint density at radius 2 is 2.09 bits per heavy atom. The molecule has 22 heavy (non-hydrogen) atoms. The zero-order valence-electron chi connectivity index (χ0n) is 14.1. The van der Waals surface area contributed by atoms with Crippen molar-refractivity contribution in [3.05, 3.63) is 11.8 Å². The molecular formula is C15H27N3O3S. The second-order valence-electron chi connectivity index (χ2n) is 6.97. The number of hydrogen-bond acceptors (Lipinski definition) is 4. The zero-order chi connectivity index (χ0) is 16.5. The molecule has 0 bridgehead atoms. The van der Waals surface area contributed by atoms with E-state index in [1.54, 1.807) is 6.07 Å². The Labute approximate surface area is 133 Å².